The maximum absolute atomic E-state index is 10.4. The summed E-state index contributed by atoms with van der Waals surface area (Å²) < 4.78 is 4.60. The van der Waals surface area contributed by atoms with Gasteiger partial charge in [-0.25, -0.2) is 4.79 Å². The average Bonchev–Trinajstić information content (AvgIpc) is 2.23. The third-order valence-electron chi connectivity index (χ3n) is 1.08. The summed E-state index contributed by atoms with van der Waals surface area (Å²) in [7, 11) is 0. The molecule has 2 bridgehead atoms. The van der Waals surface area contributed by atoms with Gasteiger partial charge in [-0.2, -0.15) is 0 Å². The second-order valence-corrected chi connectivity index (χ2v) is 1.63. The maximum Gasteiger partial charge on any atom is 0.361 e. The first-order valence-electron chi connectivity index (χ1n) is 2.27. The van der Waals surface area contributed by atoms with Gasteiger partial charge < -0.3 is 9.40 Å². The van der Waals surface area contributed by atoms with Crippen LogP contribution >= 0.6 is 0 Å². The Hall–Kier alpha value is -1.25. The van der Waals surface area contributed by atoms with Crippen molar-refractivity contribution < 1.29 is 4.42 Å². The lowest BCUT2D eigenvalue weighted by Crippen LogP contribution is -1.89. The van der Waals surface area contributed by atoms with Crippen LogP contribution in [0.25, 0.3) is 11.2 Å². The van der Waals surface area contributed by atoms with Crippen molar-refractivity contribution in [1.82, 2.24) is 4.98 Å². The number of rotatable bonds is 0. The zero-order chi connectivity index (χ0) is 5.56. The van der Waals surface area contributed by atoms with E-state index in [2.05, 4.69) is 9.40 Å². The topological polar surface area (TPSA) is 46.0 Å². The lowest BCUT2D eigenvalue weighted by molar-refractivity contribution is 0.571. The molecule has 2 aromatic rings. The van der Waals surface area contributed by atoms with E-state index in [1.165, 1.54) is 0 Å². The highest BCUT2D eigenvalue weighted by Gasteiger charge is 1.99. The van der Waals surface area contributed by atoms with E-state index >= 15 is 0 Å². The first kappa shape index (κ1) is 3.72. The van der Waals surface area contributed by atoms with Crippen LogP contribution in [0.5, 0.6) is 0 Å². The molecule has 40 valence electrons. The highest BCUT2D eigenvalue weighted by Crippen LogP contribution is 2.01. The second kappa shape index (κ2) is 0.940. The molecule has 8 heavy (non-hydrogen) atoms. The summed E-state index contributed by atoms with van der Waals surface area (Å²) in [6.07, 6.45) is 0. The van der Waals surface area contributed by atoms with E-state index in [0.29, 0.717) is 11.2 Å². The van der Waals surface area contributed by atoms with E-state index in [9.17, 15) is 4.79 Å². The van der Waals surface area contributed by atoms with Gasteiger partial charge in [0.2, 0.25) is 5.71 Å². The Morgan fingerprint density at radius 3 is 2.62 bits per heavy atom. The molecule has 3 heteroatoms. The standard InChI is InChI=1S/C5H3NO2/c7-5-3-1-2-4(6-3)8-5/h1-2,6H. The quantitative estimate of drug-likeness (QED) is 0.537. The molecule has 3 nitrogen and oxygen atoms in total. The van der Waals surface area contributed by atoms with E-state index < -0.39 is 0 Å². The summed E-state index contributed by atoms with van der Waals surface area (Å²) in [5.74, 6) is 0. The van der Waals surface area contributed by atoms with Crippen LogP contribution in [0.1, 0.15) is 0 Å². The number of aromatic nitrogens is 1. The van der Waals surface area contributed by atoms with E-state index in [-0.39, 0.29) is 5.63 Å². The van der Waals surface area contributed by atoms with Gasteiger partial charge in [0, 0.05) is 6.07 Å². The molecule has 0 aliphatic carbocycles. The van der Waals surface area contributed by atoms with Crippen molar-refractivity contribution in [2.24, 2.45) is 0 Å². The molecule has 0 aromatic carbocycles. The smallest absolute Gasteiger partial charge is 0.361 e. The number of nitrogens with one attached hydrogen (secondary N) is 1. The van der Waals surface area contributed by atoms with Crippen molar-refractivity contribution in [2.75, 3.05) is 0 Å². The van der Waals surface area contributed by atoms with Crippen LogP contribution in [-0.2, 0) is 0 Å². The molecule has 2 rings (SSSR count). The number of aromatic amines is 1. The predicted molar refractivity (Wildman–Crippen MR) is 28.0 cm³/mol. The Morgan fingerprint density at radius 2 is 2.38 bits per heavy atom. The van der Waals surface area contributed by atoms with E-state index in [1.54, 1.807) is 12.1 Å². The van der Waals surface area contributed by atoms with Gasteiger partial charge in [0.25, 0.3) is 0 Å². The number of hydrogen-bond acceptors (Lipinski definition) is 2. The molecule has 0 radical (unpaired) electrons. The Bertz CT molecular complexity index is 332. The van der Waals surface area contributed by atoms with Crippen molar-refractivity contribution in [1.29, 1.82) is 0 Å². The molecule has 0 aliphatic rings. The fourth-order valence-corrected chi connectivity index (χ4v) is 0.709. The van der Waals surface area contributed by atoms with Crippen molar-refractivity contribution in [3.63, 3.8) is 0 Å². The van der Waals surface area contributed by atoms with Gasteiger partial charge in [0.15, 0.2) is 0 Å². The number of hydrogen-bond donors (Lipinski definition) is 1. The van der Waals surface area contributed by atoms with Gasteiger partial charge in [-0.1, -0.05) is 0 Å². The Labute approximate surface area is 44.3 Å². The largest absolute Gasteiger partial charge is 0.405 e. The highest BCUT2D eigenvalue weighted by atomic mass is 16.4. The lowest BCUT2D eigenvalue weighted by Gasteiger charge is -1.67. The molecule has 0 saturated heterocycles. The minimum Gasteiger partial charge on any atom is -0.405 e. The van der Waals surface area contributed by atoms with Gasteiger partial charge in [-0.15, -0.1) is 0 Å². The third-order valence-corrected chi connectivity index (χ3v) is 1.08. The Morgan fingerprint density at radius 1 is 1.50 bits per heavy atom. The first-order chi connectivity index (χ1) is 3.86. The lowest BCUT2D eigenvalue weighted by atomic mass is 10.5. The van der Waals surface area contributed by atoms with Crippen LogP contribution in [0.15, 0.2) is 21.3 Å². The van der Waals surface area contributed by atoms with Crippen molar-refractivity contribution in [3.8, 4) is 0 Å². The molecule has 0 aliphatic heterocycles. The van der Waals surface area contributed by atoms with E-state index in [1.807, 2.05) is 0 Å². The summed E-state index contributed by atoms with van der Waals surface area (Å²) in [6, 6.07) is 3.41. The third kappa shape index (κ3) is 0.269. The van der Waals surface area contributed by atoms with E-state index in [0.717, 1.165) is 0 Å². The fraction of sp³-hybridized carbons (Fsp3) is 0. The molecule has 0 amide bonds. The number of H-pyrrole nitrogens is 1. The molecule has 2 aromatic heterocycles. The molecule has 2 heterocycles. The molecule has 0 spiro atoms. The van der Waals surface area contributed by atoms with Crippen LogP contribution in [-0.4, -0.2) is 4.98 Å². The van der Waals surface area contributed by atoms with Crippen LogP contribution in [0.4, 0.5) is 0 Å². The molecule has 1 N–H and O–H groups in total. The highest BCUT2D eigenvalue weighted by molar-refractivity contribution is 5.54. The van der Waals surface area contributed by atoms with Gasteiger partial charge in [0.1, 0.15) is 5.52 Å². The SMILES string of the molecule is O=c1oc2ccc1[nH]2. The average molecular weight is 109 g/mol. The van der Waals surface area contributed by atoms with Crippen LogP contribution in [0, 0.1) is 0 Å². The molecular formula is C5H3NO2. The zero-order valence-corrected chi connectivity index (χ0v) is 3.97. The summed E-state index contributed by atoms with van der Waals surface area (Å²) in [6.45, 7) is 0. The summed E-state index contributed by atoms with van der Waals surface area (Å²) >= 11 is 0. The fourth-order valence-electron chi connectivity index (χ4n) is 0.709. The Kier molecular flexibility index (Phi) is 0.436. The Balaban J connectivity index is 3.24. The molecule has 0 saturated carbocycles. The summed E-state index contributed by atoms with van der Waals surface area (Å²) in [4.78, 5) is 13.2. The van der Waals surface area contributed by atoms with Crippen LogP contribution in [0.3, 0.4) is 0 Å². The van der Waals surface area contributed by atoms with Gasteiger partial charge in [0.05, 0.1) is 0 Å². The monoisotopic (exact) mass is 109 g/mol. The summed E-state index contributed by atoms with van der Waals surface area (Å²) in [5, 5.41) is 0. The van der Waals surface area contributed by atoms with Gasteiger partial charge in [-0.05, 0) is 6.07 Å². The predicted octanol–water partition coefficient (Wildman–Crippen LogP) is 0.559. The number of fused-ring (bicyclic) bond motifs is 2. The van der Waals surface area contributed by atoms with E-state index in [4.69, 9.17) is 0 Å². The van der Waals surface area contributed by atoms with Crippen molar-refractivity contribution >= 4 is 11.2 Å². The summed E-state index contributed by atoms with van der Waals surface area (Å²) in [5.41, 5.74) is 0.813. The second-order valence-electron chi connectivity index (χ2n) is 1.63. The van der Waals surface area contributed by atoms with Gasteiger partial charge >= 0.3 is 5.63 Å². The van der Waals surface area contributed by atoms with Gasteiger partial charge in [-0.3, -0.25) is 0 Å². The maximum atomic E-state index is 10.4. The normalized spacial score (nSPS) is 11.0. The van der Waals surface area contributed by atoms with Crippen molar-refractivity contribution in [2.45, 2.75) is 0 Å². The molecule has 0 fully saturated rings. The molecular weight excluding hydrogens is 106 g/mol. The molecule has 0 unspecified atom stereocenters. The minimum absolute atomic E-state index is 0.275. The van der Waals surface area contributed by atoms with Crippen LogP contribution < -0.4 is 5.63 Å². The molecule has 0 atom stereocenters. The first-order valence-corrected chi connectivity index (χ1v) is 2.27. The minimum atomic E-state index is -0.275. The van der Waals surface area contributed by atoms with Crippen LogP contribution in [0.2, 0.25) is 0 Å². The number of oxazole rings is 1. The van der Waals surface area contributed by atoms with Crippen molar-refractivity contribution in [3.05, 3.63) is 22.6 Å². The zero-order valence-electron chi connectivity index (χ0n) is 3.97.